The fourth-order valence-electron chi connectivity index (χ4n) is 3.19. The summed E-state index contributed by atoms with van der Waals surface area (Å²) in [5.74, 6) is 1.05. The lowest BCUT2D eigenvalue weighted by Crippen LogP contribution is -2.41. The number of hydrogen-bond donors (Lipinski definition) is 1. The van der Waals surface area contributed by atoms with Gasteiger partial charge in [0, 0.05) is 11.3 Å². The van der Waals surface area contributed by atoms with Crippen LogP contribution in [0.25, 0.3) is 5.57 Å². The van der Waals surface area contributed by atoms with E-state index in [4.69, 9.17) is 24.5 Å². The van der Waals surface area contributed by atoms with E-state index in [1.54, 1.807) is 49.6 Å². The van der Waals surface area contributed by atoms with Crippen molar-refractivity contribution >= 4 is 18.4 Å². The Bertz CT molecular complexity index is 926. The van der Waals surface area contributed by atoms with Crippen molar-refractivity contribution in [3.8, 4) is 11.5 Å². The fourth-order valence-corrected chi connectivity index (χ4v) is 3.19. The lowest BCUT2D eigenvalue weighted by Gasteiger charge is -2.32. The van der Waals surface area contributed by atoms with Gasteiger partial charge in [-0.05, 0) is 63.1 Å². The van der Waals surface area contributed by atoms with Gasteiger partial charge < -0.3 is 24.5 Å². The van der Waals surface area contributed by atoms with Gasteiger partial charge >= 0.3 is 7.12 Å². The van der Waals surface area contributed by atoms with Gasteiger partial charge in [0.05, 0.1) is 25.4 Å². The normalized spacial score (nSPS) is 18.4. The van der Waals surface area contributed by atoms with Gasteiger partial charge in [-0.25, -0.2) is 4.39 Å². The summed E-state index contributed by atoms with van der Waals surface area (Å²) in [5.41, 5.74) is 6.19. The van der Waals surface area contributed by atoms with Crippen molar-refractivity contribution in [3.63, 3.8) is 0 Å². The molecule has 0 bridgehead atoms. The van der Waals surface area contributed by atoms with E-state index in [0.717, 1.165) is 0 Å². The van der Waals surface area contributed by atoms with Crippen LogP contribution in [-0.2, 0) is 9.31 Å². The highest BCUT2D eigenvalue weighted by Crippen LogP contribution is 2.42. The Hall–Kier alpha value is -2.51. The summed E-state index contributed by atoms with van der Waals surface area (Å²) in [7, 11) is 1.96. The molecular weight excluding hydrogens is 372 g/mol. The minimum absolute atomic E-state index is 0.330. The van der Waals surface area contributed by atoms with Crippen LogP contribution in [0.5, 0.6) is 11.5 Å². The Morgan fingerprint density at radius 3 is 2.03 bits per heavy atom. The molecule has 3 rings (SSSR count). The molecule has 29 heavy (non-hydrogen) atoms. The standard InChI is InChI=1S/C22H27BFNO4/c1-21(2)22(3,4)29-23(28-21)20(24)19(14-8-7-9-16(25)12-14)15-10-11-17(26-5)18(13-15)27-6/h7-13H,25H2,1-6H3. The molecule has 0 spiro atoms. The molecule has 154 valence electrons. The summed E-state index contributed by atoms with van der Waals surface area (Å²) in [6.07, 6.45) is 0. The molecule has 2 aromatic rings. The molecule has 0 unspecified atom stereocenters. The monoisotopic (exact) mass is 399 g/mol. The fraction of sp³-hybridized carbons (Fsp3) is 0.364. The van der Waals surface area contributed by atoms with Crippen molar-refractivity contribution in [2.75, 3.05) is 20.0 Å². The van der Waals surface area contributed by atoms with Crippen LogP contribution in [0.15, 0.2) is 48.2 Å². The van der Waals surface area contributed by atoms with Crippen LogP contribution < -0.4 is 15.2 Å². The van der Waals surface area contributed by atoms with Crippen molar-refractivity contribution in [2.45, 2.75) is 38.9 Å². The third kappa shape index (κ3) is 3.98. The molecule has 7 heteroatoms. The smallest absolute Gasteiger partial charge is 0.493 e. The summed E-state index contributed by atoms with van der Waals surface area (Å²) in [6, 6.07) is 12.3. The van der Waals surface area contributed by atoms with Crippen LogP contribution in [0.3, 0.4) is 0 Å². The third-order valence-corrected chi connectivity index (χ3v) is 5.55. The van der Waals surface area contributed by atoms with E-state index in [2.05, 4.69) is 0 Å². The van der Waals surface area contributed by atoms with Crippen LogP contribution in [0, 0.1) is 0 Å². The molecule has 0 aromatic heterocycles. The third-order valence-electron chi connectivity index (χ3n) is 5.55. The predicted octanol–water partition coefficient (Wildman–Crippen LogP) is 4.65. The number of halogens is 1. The Labute approximate surface area is 171 Å². The van der Waals surface area contributed by atoms with Crippen LogP contribution >= 0.6 is 0 Å². The Kier molecular flexibility index (Phi) is 5.65. The molecule has 0 saturated carbocycles. The Morgan fingerprint density at radius 2 is 1.48 bits per heavy atom. The highest BCUT2D eigenvalue weighted by molar-refractivity contribution is 6.55. The van der Waals surface area contributed by atoms with Crippen molar-refractivity contribution in [1.82, 2.24) is 0 Å². The first kappa shape index (κ1) is 21.2. The van der Waals surface area contributed by atoms with Crippen LogP contribution in [0.2, 0.25) is 0 Å². The number of nitrogen functional groups attached to an aromatic ring is 1. The molecule has 0 atom stereocenters. The van der Waals surface area contributed by atoms with Gasteiger partial charge in [0.15, 0.2) is 11.5 Å². The van der Waals surface area contributed by atoms with E-state index in [-0.39, 0.29) is 0 Å². The number of methoxy groups -OCH3 is 2. The van der Waals surface area contributed by atoms with Gasteiger partial charge in [-0.1, -0.05) is 18.2 Å². The molecule has 0 amide bonds. The summed E-state index contributed by atoms with van der Waals surface area (Å²) < 4.78 is 38.5. The topological polar surface area (TPSA) is 62.9 Å². The number of nitrogens with two attached hydrogens (primary N) is 1. The molecule has 1 aliphatic rings. The maximum absolute atomic E-state index is 15.9. The number of rotatable bonds is 5. The van der Waals surface area contributed by atoms with Gasteiger partial charge in [0.25, 0.3) is 0 Å². The zero-order valence-corrected chi connectivity index (χ0v) is 17.7. The van der Waals surface area contributed by atoms with E-state index in [1.807, 2.05) is 27.7 Å². The van der Waals surface area contributed by atoms with E-state index < -0.39 is 24.0 Å². The number of benzene rings is 2. The summed E-state index contributed by atoms with van der Waals surface area (Å²) in [5, 5.41) is 0. The maximum atomic E-state index is 15.9. The van der Waals surface area contributed by atoms with Gasteiger partial charge in [-0.3, -0.25) is 0 Å². The first-order valence-corrected chi connectivity index (χ1v) is 9.43. The first-order valence-electron chi connectivity index (χ1n) is 9.43. The summed E-state index contributed by atoms with van der Waals surface area (Å²) in [6.45, 7) is 7.54. The van der Waals surface area contributed by atoms with Gasteiger partial charge in [-0.15, -0.1) is 0 Å². The Morgan fingerprint density at radius 1 is 0.897 bits per heavy atom. The molecule has 5 nitrogen and oxygen atoms in total. The molecule has 0 radical (unpaired) electrons. The lowest BCUT2D eigenvalue weighted by atomic mass is 9.80. The second-order valence-corrected chi connectivity index (χ2v) is 8.01. The zero-order chi connectivity index (χ0) is 21.4. The summed E-state index contributed by atoms with van der Waals surface area (Å²) in [4.78, 5) is 0. The van der Waals surface area contributed by atoms with Gasteiger partial charge in [0.2, 0.25) is 0 Å². The molecule has 2 N–H and O–H groups in total. The van der Waals surface area contributed by atoms with Crippen LogP contribution in [0.1, 0.15) is 38.8 Å². The van der Waals surface area contributed by atoms with E-state index in [0.29, 0.717) is 33.9 Å². The number of anilines is 1. The minimum Gasteiger partial charge on any atom is -0.493 e. The van der Waals surface area contributed by atoms with Crippen molar-refractivity contribution in [3.05, 3.63) is 59.3 Å². The number of ether oxygens (including phenoxy) is 2. The summed E-state index contributed by atoms with van der Waals surface area (Å²) >= 11 is 0. The second-order valence-electron chi connectivity index (χ2n) is 8.01. The van der Waals surface area contributed by atoms with Crippen molar-refractivity contribution in [2.24, 2.45) is 0 Å². The molecular formula is C22H27BFNO4. The largest absolute Gasteiger partial charge is 0.525 e. The molecule has 1 fully saturated rings. The molecule has 1 aliphatic heterocycles. The SMILES string of the molecule is COc1ccc(C(=C(F)B2OC(C)(C)C(C)(C)O2)c2cccc(N)c2)cc1OC. The minimum atomic E-state index is -1.13. The quantitative estimate of drug-likeness (QED) is 0.586. The van der Waals surface area contributed by atoms with Crippen LogP contribution in [-0.4, -0.2) is 32.5 Å². The van der Waals surface area contributed by atoms with E-state index in [1.165, 1.54) is 7.11 Å². The predicted molar refractivity (Wildman–Crippen MR) is 114 cm³/mol. The van der Waals surface area contributed by atoms with E-state index >= 15 is 4.39 Å². The number of hydrogen-bond acceptors (Lipinski definition) is 5. The lowest BCUT2D eigenvalue weighted by molar-refractivity contribution is 0.00578. The van der Waals surface area contributed by atoms with Crippen molar-refractivity contribution < 1.29 is 23.2 Å². The zero-order valence-electron chi connectivity index (χ0n) is 17.7. The highest BCUT2D eigenvalue weighted by atomic mass is 19.1. The van der Waals surface area contributed by atoms with Crippen LogP contribution in [0.4, 0.5) is 10.1 Å². The molecule has 2 aromatic carbocycles. The van der Waals surface area contributed by atoms with E-state index in [9.17, 15) is 0 Å². The highest BCUT2D eigenvalue weighted by Gasteiger charge is 2.53. The molecule has 0 aliphatic carbocycles. The van der Waals surface area contributed by atoms with Gasteiger partial charge in [0.1, 0.15) is 5.73 Å². The maximum Gasteiger partial charge on any atom is 0.525 e. The molecule has 1 heterocycles. The Balaban J connectivity index is 2.18. The van der Waals surface area contributed by atoms with Crippen molar-refractivity contribution in [1.29, 1.82) is 0 Å². The average Bonchev–Trinajstić information content (AvgIpc) is 2.89. The molecule has 1 saturated heterocycles. The van der Waals surface area contributed by atoms with Gasteiger partial charge in [-0.2, -0.15) is 0 Å². The first-order chi connectivity index (χ1) is 13.6. The second kappa shape index (κ2) is 7.73. The average molecular weight is 399 g/mol.